The number of hydrogen-bond donors (Lipinski definition) is 2. The maximum Gasteiger partial charge on any atom is 0.243 e. The van der Waals surface area contributed by atoms with Crippen LogP contribution in [-0.4, -0.2) is 17.1 Å². The van der Waals surface area contributed by atoms with Crippen molar-refractivity contribution in [3.8, 4) is 0 Å². The van der Waals surface area contributed by atoms with Crippen molar-refractivity contribution < 1.29 is 4.79 Å². The molecule has 1 aromatic heterocycles. The van der Waals surface area contributed by atoms with E-state index in [1.165, 1.54) is 5.56 Å². The molecule has 1 aliphatic rings. The van der Waals surface area contributed by atoms with E-state index in [0.29, 0.717) is 5.92 Å². The van der Waals surface area contributed by atoms with Crippen molar-refractivity contribution in [1.29, 1.82) is 0 Å². The standard InChI is InChI=1S/C19H17N3O/c23-19(17-10-16(17)13-6-2-1-3-7-13)22-21-12-14-11-20-18-9-5-4-8-15(14)18/h1-9,11-12,16-17,20H,10H2,(H,22,23)/b21-12-/t16-,17-/m0/s1. The molecular weight excluding hydrogens is 286 g/mol. The van der Waals surface area contributed by atoms with E-state index in [9.17, 15) is 4.79 Å². The van der Waals surface area contributed by atoms with Gasteiger partial charge in [0, 0.05) is 28.6 Å². The van der Waals surface area contributed by atoms with E-state index in [-0.39, 0.29) is 11.8 Å². The van der Waals surface area contributed by atoms with Crippen LogP contribution in [0, 0.1) is 5.92 Å². The van der Waals surface area contributed by atoms with E-state index in [0.717, 1.165) is 22.9 Å². The second kappa shape index (κ2) is 5.72. The molecule has 0 saturated heterocycles. The van der Waals surface area contributed by atoms with Gasteiger partial charge < -0.3 is 4.98 Å². The number of nitrogens with one attached hydrogen (secondary N) is 2. The zero-order valence-electron chi connectivity index (χ0n) is 12.6. The van der Waals surface area contributed by atoms with E-state index in [4.69, 9.17) is 0 Å². The molecule has 114 valence electrons. The van der Waals surface area contributed by atoms with Crippen molar-refractivity contribution in [2.24, 2.45) is 11.0 Å². The van der Waals surface area contributed by atoms with Gasteiger partial charge in [-0.1, -0.05) is 48.5 Å². The van der Waals surface area contributed by atoms with Gasteiger partial charge in [0.25, 0.3) is 0 Å². The number of amides is 1. The summed E-state index contributed by atoms with van der Waals surface area (Å²) in [7, 11) is 0. The summed E-state index contributed by atoms with van der Waals surface area (Å²) in [5.41, 5.74) is 5.92. The average Bonchev–Trinajstić information content (AvgIpc) is 3.31. The molecule has 4 rings (SSSR count). The topological polar surface area (TPSA) is 57.2 Å². The quantitative estimate of drug-likeness (QED) is 0.563. The van der Waals surface area contributed by atoms with Gasteiger partial charge in [-0.15, -0.1) is 0 Å². The first-order valence-electron chi connectivity index (χ1n) is 7.77. The van der Waals surface area contributed by atoms with Crippen LogP contribution in [0.15, 0.2) is 65.9 Å². The molecule has 1 amide bonds. The molecular formula is C19H17N3O. The number of para-hydroxylation sites is 1. The zero-order valence-corrected chi connectivity index (χ0v) is 12.6. The Bertz CT molecular complexity index is 866. The number of hydrazone groups is 1. The summed E-state index contributed by atoms with van der Waals surface area (Å²) in [5.74, 6) is 0.368. The fraction of sp³-hybridized carbons (Fsp3) is 0.158. The van der Waals surface area contributed by atoms with Crippen molar-refractivity contribution in [3.05, 3.63) is 71.9 Å². The van der Waals surface area contributed by atoms with Crippen LogP contribution in [0.4, 0.5) is 0 Å². The molecule has 23 heavy (non-hydrogen) atoms. The molecule has 1 fully saturated rings. The van der Waals surface area contributed by atoms with Crippen LogP contribution >= 0.6 is 0 Å². The summed E-state index contributed by atoms with van der Waals surface area (Å²) in [6, 6.07) is 18.2. The third-order valence-corrected chi connectivity index (χ3v) is 4.35. The first kappa shape index (κ1) is 13.8. The fourth-order valence-electron chi connectivity index (χ4n) is 3.00. The Labute approximate surface area is 134 Å². The van der Waals surface area contributed by atoms with Crippen LogP contribution in [0.25, 0.3) is 10.9 Å². The van der Waals surface area contributed by atoms with Crippen molar-refractivity contribution in [2.75, 3.05) is 0 Å². The predicted octanol–water partition coefficient (Wildman–Crippen LogP) is 3.42. The van der Waals surface area contributed by atoms with Gasteiger partial charge in [-0.05, 0) is 24.0 Å². The first-order chi connectivity index (χ1) is 11.3. The SMILES string of the molecule is O=C(N/N=C\c1c[nH]c2ccccc12)[C@H]1C[C@H]1c1ccccc1. The smallest absolute Gasteiger partial charge is 0.243 e. The third kappa shape index (κ3) is 2.75. The number of aromatic amines is 1. The van der Waals surface area contributed by atoms with Crippen LogP contribution in [0.3, 0.4) is 0 Å². The van der Waals surface area contributed by atoms with Crippen molar-refractivity contribution >= 4 is 23.0 Å². The number of hydrogen-bond acceptors (Lipinski definition) is 2. The van der Waals surface area contributed by atoms with Gasteiger partial charge >= 0.3 is 0 Å². The van der Waals surface area contributed by atoms with Gasteiger partial charge in [-0.3, -0.25) is 4.79 Å². The zero-order chi connectivity index (χ0) is 15.6. The Kier molecular flexibility index (Phi) is 3.42. The minimum atomic E-state index is -0.00468. The number of rotatable bonds is 4. The minimum Gasteiger partial charge on any atom is -0.361 e. The molecule has 4 nitrogen and oxygen atoms in total. The second-order valence-electron chi connectivity index (χ2n) is 5.88. The first-order valence-corrected chi connectivity index (χ1v) is 7.77. The number of benzene rings is 2. The number of aromatic nitrogens is 1. The molecule has 2 atom stereocenters. The van der Waals surface area contributed by atoms with E-state index in [1.54, 1.807) is 6.21 Å². The molecule has 2 aromatic carbocycles. The fourth-order valence-corrected chi connectivity index (χ4v) is 3.00. The van der Waals surface area contributed by atoms with Gasteiger partial charge in [0.2, 0.25) is 5.91 Å². The number of carbonyl (C=O) groups excluding carboxylic acids is 1. The number of fused-ring (bicyclic) bond motifs is 1. The molecule has 1 saturated carbocycles. The van der Waals surface area contributed by atoms with Gasteiger partial charge in [0.15, 0.2) is 0 Å². The van der Waals surface area contributed by atoms with Gasteiger partial charge in [-0.25, -0.2) is 5.43 Å². The van der Waals surface area contributed by atoms with Gasteiger partial charge in [0.1, 0.15) is 0 Å². The lowest BCUT2D eigenvalue weighted by Gasteiger charge is -1.99. The Morgan fingerprint density at radius 3 is 2.78 bits per heavy atom. The highest BCUT2D eigenvalue weighted by molar-refractivity contribution is 5.99. The van der Waals surface area contributed by atoms with Crippen molar-refractivity contribution in [2.45, 2.75) is 12.3 Å². The highest BCUT2D eigenvalue weighted by Gasteiger charge is 2.43. The summed E-state index contributed by atoms with van der Waals surface area (Å²) in [4.78, 5) is 15.3. The highest BCUT2D eigenvalue weighted by Crippen LogP contribution is 2.47. The lowest BCUT2D eigenvalue weighted by atomic mass is 10.1. The van der Waals surface area contributed by atoms with Gasteiger partial charge in [-0.2, -0.15) is 5.10 Å². The Hall–Kier alpha value is -2.88. The molecule has 0 radical (unpaired) electrons. The molecule has 4 heteroatoms. The second-order valence-corrected chi connectivity index (χ2v) is 5.88. The Morgan fingerprint density at radius 1 is 1.13 bits per heavy atom. The maximum atomic E-state index is 12.1. The van der Waals surface area contributed by atoms with Crippen LogP contribution in [0.2, 0.25) is 0 Å². The largest absolute Gasteiger partial charge is 0.361 e. The predicted molar refractivity (Wildman–Crippen MR) is 91.3 cm³/mol. The van der Waals surface area contributed by atoms with E-state index in [2.05, 4.69) is 27.6 Å². The maximum absolute atomic E-state index is 12.1. The van der Waals surface area contributed by atoms with E-state index < -0.39 is 0 Å². The summed E-state index contributed by atoms with van der Waals surface area (Å²) >= 11 is 0. The molecule has 0 aliphatic heterocycles. The van der Waals surface area contributed by atoms with Crippen molar-refractivity contribution in [3.63, 3.8) is 0 Å². The van der Waals surface area contributed by atoms with Crippen LogP contribution in [0.1, 0.15) is 23.5 Å². The van der Waals surface area contributed by atoms with Gasteiger partial charge in [0.05, 0.1) is 6.21 Å². The summed E-state index contributed by atoms with van der Waals surface area (Å²) in [6.07, 6.45) is 4.49. The molecule has 1 aliphatic carbocycles. The summed E-state index contributed by atoms with van der Waals surface area (Å²) in [6.45, 7) is 0. The monoisotopic (exact) mass is 303 g/mol. The lowest BCUT2D eigenvalue weighted by Crippen LogP contribution is -2.20. The molecule has 0 unspecified atom stereocenters. The van der Waals surface area contributed by atoms with Crippen LogP contribution in [0.5, 0.6) is 0 Å². The Balaban J connectivity index is 1.39. The average molecular weight is 303 g/mol. The molecule has 3 aromatic rings. The molecule has 1 heterocycles. The molecule has 0 bridgehead atoms. The van der Waals surface area contributed by atoms with Crippen LogP contribution in [-0.2, 0) is 4.79 Å². The normalized spacial score (nSPS) is 20.0. The number of carbonyl (C=O) groups is 1. The highest BCUT2D eigenvalue weighted by atomic mass is 16.2. The lowest BCUT2D eigenvalue weighted by molar-refractivity contribution is -0.122. The van der Waals surface area contributed by atoms with Crippen molar-refractivity contribution in [1.82, 2.24) is 10.4 Å². The third-order valence-electron chi connectivity index (χ3n) is 4.35. The number of nitrogens with zero attached hydrogens (tertiary/aromatic N) is 1. The Morgan fingerprint density at radius 2 is 1.91 bits per heavy atom. The van der Waals surface area contributed by atoms with E-state index in [1.807, 2.05) is 48.7 Å². The minimum absolute atomic E-state index is 0.00468. The van der Waals surface area contributed by atoms with E-state index >= 15 is 0 Å². The summed E-state index contributed by atoms with van der Waals surface area (Å²) in [5, 5.41) is 5.21. The number of H-pyrrole nitrogens is 1. The summed E-state index contributed by atoms with van der Waals surface area (Å²) < 4.78 is 0. The van der Waals surface area contributed by atoms with Crippen LogP contribution < -0.4 is 5.43 Å². The molecule has 2 N–H and O–H groups in total. The molecule has 0 spiro atoms.